The molecule has 16 heteroatoms. The summed E-state index contributed by atoms with van der Waals surface area (Å²) in [6, 6.07) is 12.6. The number of rotatable bonds is 10. The second-order valence-electron chi connectivity index (χ2n) is 9.22. The zero-order valence-corrected chi connectivity index (χ0v) is 23.6. The zero-order chi connectivity index (χ0) is 30.4. The van der Waals surface area contributed by atoms with Gasteiger partial charge in [0, 0.05) is 38.5 Å². The molecule has 1 unspecified atom stereocenters. The molecule has 0 N–H and O–H groups in total. The first-order valence-electron chi connectivity index (χ1n) is 12.6. The standard InChI is InChI=1S/C26H28NO14P/c1-15(28)37-23-22(14-36-42(33)35-13-19-11-20(27(31)32)9-10-21(19)41-42)40-26(34-12-18-7-5-4-6-8-18)25(39-17(3)30)24(23)38-16(2)29/h4-11,22-26H,12-14H2,1-3H3/t22-,23-,24+,25-,26-,42?/m1/s1. The van der Waals surface area contributed by atoms with E-state index in [1.807, 2.05) is 6.07 Å². The number of hydrogen-bond donors (Lipinski definition) is 0. The molecule has 1 fully saturated rings. The molecule has 226 valence electrons. The minimum atomic E-state index is -4.30. The molecule has 0 radical (unpaired) electrons. The van der Waals surface area contributed by atoms with Crippen LogP contribution in [-0.4, -0.2) is 60.1 Å². The van der Waals surface area contributed by atoms with Crippen LogP contribution in [0.25, 0.3) is 0 Å². The van der Waals surface area contributed by atoms with Gasteiger partial charge in [-0.15, -0.1) is 0 Å². The SMILES string of the molecule is CC(=O)O[C@@H]1[C@@H](OC(C)=O)[C@H](OCc2ccccc2)O[C@H](COP2(=O)OCc3cc([N+](=O)[O-])ccc3O2)[C@H]1OC(C)=O. The molecule has 4 rings (SSSR count). The molecule has 0 aromatic heterocycles. The van der Waals surface area contributed by atoms with Crippen LogP contribution < -0.4 is 4.52 Å². The third kappa shape index (κ3) is 7.89. The average molecular weight is 609 g/mol. The molecule has 2 aromatic carbocycles. The first kappa shape index (κ1) is 31.1. The van der Waals surface area contributed by atoms with E-state index in [9.17, 15) is 29.1 Å². The van der Waals surface area contributed by atoms with Crippen LogP contribution in [0.4, 0.5) is 5.69 Å². The van der Waals surface area contributed by atoms with E-state index in [0.29, 0.717) is 0 Å². The lowest BCUT2D eigenvalue weighted by Crippen LogP contribution is -2.62. The highest BCUT2D eigenvalue weighted by Gasteiger charge is 2.53. The number of ether oxygens (including phenoxy) is 5. The summed E-state index contributed by atoms with van der Waals surface area (Å²) < 4.78 is 57.6. The Balaban J connectivity index is 1.58. The van der Waals surface area contributed by atoms with Gasteiger partial charge in [0.15, 0.2) is 24.6 Å². The molecule has 42 heavy (non-hydrogen) atoms. The van der Waals surface area contributed by atoms with Crippen molar-refractivity contribution in [1.82, 2.24) is 0 Å². The van der Waals surface area contributed by atoms with Crippen molar-refractivity contribution >= 4 is 31.4 Å². The number of non-ortho nitro benzene ring substituents is 1. The van der Waals surface area contributed by atoms with Crippen LogP contribution in [0.3, 0.4) is 0 Å². The maximum absolute atomic E-state index is 13.3. The summed E-state index contributed by atoms with van der Waals surface area (Å²) in [6.07, 6.45) is -6.82. The van der Waals surface area contributed by atoms with E-state index in [1.54, 1.807) is 24.3 Å². The van der Waals surface area contributed by atoms with Crippen LogP contribution in [0.1, 0.15) is 31.9 Å². The maximum atomic E-state index is 13.3. The van der Waals surface area contributed by atoms with Crippen LogP contribution in [0, 0.1) is 10.1 Å². The number of fused-ring (bicyclic) bond motifs is 1. The number of nitrogens with zero attached hydrogens (tertiary/aromatic N) is 1. The molecule has 6 atom stereocenters. The van der Waals surface area contributed by atoms with Gasteiger partial charge in [0.1, 0.15) is 11.9 Å². The number of benzene rings is 2. The second kappa shape index (κ2) is 13.4. The normalized spacial score (nSPS) is 26.7. The van der Waals surface area contributed by atoms with E-state index in [-0.39, 0.29) is 30.2 Å². The second-order valence-corrected chi connectivity index (χ2v) is 10.8. The van der Waals surface area contributed by atoms with Gasteiger partial charge in [-0.05, 0) is 11.6 Å². The predicted octanol–water partition coefficient (Wildman–Crippen LogP) is 3.37. The summed E-state index contributed by atoms with van der Waals surface area (Å²) >= 11 is 0. The lowest BCUT2D eigenvalue weighted by Gasteiger charge is -2.44. The molecule has 0 bridgehead atoms. The molecule has 0 saturated carbocycles. The minimum Gasteiger partial charge on any atom is -0.456 e. The molecular weight excluding hydrogens is 581 g/mol. The summed E-state index contributed by atoms with van der Waals surface area (Å²) in [5.74, 6) is -2.27. The molecule has 0 amide bonds. The Hall–Kier alpha value is -3.88. The number of phosphoric ester groups is 1. The monoisotopic (exact) mass is 609 g/mol. The Bertz CT molecular complexity index is 1370. The number of phosphoric acid groups is 1. The zero-order valence-electron chi connectivity index (χ0n) is 22.7. The molecular formula is C26H28NO14P. The first-order valence-corrected chi connectivity index (χ1v) is 14.1. The summed E-state index contributed by atoms with van der Waals surface area (Å²) in [5, 5.41) is 11.1. The molecule has 0 aliphatic carbocycles. The van der Waals surface area contributed by atoms with E-state index in [0.717, 1.165) is 26.3 Å². The van der Waals surface area contributed by atoms with Gasteiger partial charge >= 0.3 is 25.7 Å². The third-order valence-electron chi connectivity index (χ3n) is 5.99. The predicted molar refractivity (Wildman–Crippen MR) is 139 cm³/mol. The molecule has 1 saturated heterocycles. The molecule has 2 aliphatic rings. The Morgan fingerprint density at radius 1 is 0.952 bits per heavy atom. The van der Waals surface area contributed by atoms with Gasteiger partial charge in [-0.3, -0.25) is 33.5 Å². The van der Waals surface area contributed by atoms with Crippen LogP contribution in [0.5, 0.6) is 5.75 Å². The lowest BCUT2D eigenvalue weighted by molar-refractivity contribution is -0.385. The van der Waals surface area contributed by atoms with Gasteiger partial charge in [0.25, 0.3) is 5.69 Å². The van der Waals surface area contributed by atoms with E-state index >= 15 is 0 Å². The smallest absolute Gasteiger partial charge is 0.456 e. The van der Waals surface area contributed by atoms with Gasteiger partial charge in [-0.25, -0.2) is 4.57 Å². The topological polar surface area (TPSA) is 185 Å². The molecule has 2 aromatic rings. The summed E-state index contributed by atoms with van der Waals surface area (Å²) in [6.45, 7) is 2.43. The highest BCUT2D eigenvalue weighted by Crippen LogP contribution is 2.55. The summed E-state index contributed by atoms with van der Waals surface area (Å²) in [7, 11) is -4.30. The quantitative estimate of drug-likeness (QED) is 0.125. The van der Waals surface area contributed by atoms with Crippen LogP contribution in [-0.2, 0) is 64.9 Å². The number of nitro benzene ring substituents is 1. The number of carbonyl (C=O) groups excluding carboxylic acids is 3. The molecule has 15 nitrogen and oxygen atoms in total. The van der Waals surface area contributed by atoms with Crippen LogP contribution >= 0.6 is 7.82 Å². The van der Waals surface area contributed by atoms with E-state index in [2.05, 4.69) is 0 Å². The fourth-order valence-electron chi connectivity index (χ4n) is 4.28. The first-order chi connectivity index (χ1) is 19.9. The minimum absolute atomic E-state index is 0.00446. The van der Waals surface area contributed by atoms with Gasteiger partial charge in [0.05, 0.1) is 24.7 Å². The molecule has 0 spiro atoms. The fourth-order valence-corrected chi connectivity index (χ4v) is 5.51. The third-order valence-corrected chi connectivity index (χ3v) is 7.33. The maximum Gasteiger partial charge on any atom is 0.530 e. The lowest BCUT2D eigenvalue weighted by atomic mass is 9.98. The van der Waals surface area contributed by atoms with Crippen molar-refractivity contribution in [1.29, 1.82) is 0 Å². The van der Waals surface area contributed by atoms with E-state index in [4.69, 9.17) is 37.3 Å². The number of hydrogen-bond acceptors (Lipinski definition) is 14. The average Bonchev–Trinajstić information content (AvgIpc) is 2.93. The van der Waals surface area contributed by atoms with Crippen molar-refractivity contribution in [3.63, 3.8) is 0 Å². The highest BCUT2D eigenvalue weighted by atomic mass is 31.2. The Morgan fingerprint density at radius 2 is 1.60 bits per heavy atom. The van der Waals surface area contributed by atoms with Crippen LogP contribution in [0.15, 0.2) is 48.5 Å². The van der Waals surface area contributed by atoms with Crippen LogP contribution in [0.2, 0.25) is 0 Å². The number of nitro groups is 1. The van der Waals surface area contributed by atoms with Crippen molar-refractivity contribution in [3.8, 4) is 5.75 Å². The molecule has 2 aliphatic heterocycles. The highest BCUT2D eigenvalue weighted by molar-refractivity contribution is 7.49. The largest absolute Gasteiger partial charge is 0.530 e. The van der Waals surface area contributed by atoms with E-state index in [1.165, 1.54) is 18.2 Å². The Morgan fingerprint density at radius 3 is 2.24 bits per heavy atom. The van der Waals surface area contributed by atoms with Gasteiger partial charge in [-0.1, -0.05) is 30.3 Å². The van der Waals surface area contributed by atoms with Gasteiger partial charge in [0.2, 0.25) is 0 Å². The van der Waals surface area contributed by atoms with Crippen molar-refractivity contribution in [2.45, 2.75) is 64.7 Å². The summed E-state index contributed by atoms with van der Waals surface area (Å²) in [4.78, 5) is 46.6. The Kier molecular flexibility index (Phi) is 9.91. The number of esters is 3. The molecule has 2 heterocycles. The van der Waals surface area contributed by atoms with Crippen molar-refractivity contribution in [2.24, 2.45) is 0 Å². The van der Waals surface area contributed by atoms with Gasteiger partial charge in [-0.2, -0.15) is 0 Å². The Labute approximate surface area is 239 Å². The fraction of sp³-hybridized carbons (Fsp3) is 0.423. The van der Waals surface area contributed by atoms with Crippen molar-refractivity contribution < 1.29 is 61.1 Å². The van der Waals surface area contributed by atoms with Crippen molar-refractivity contribution in [2.75, 3.05) is 6.61 Å². The summed E-state index contributed by atoms with van der Waals surface area (Å²) in [5.41, 5.74) is 0.812. The number of carbonyl (C=O) groups is 3. The van der Waals surface area contributed by atoms with Gasteiger partial charge < -0.3 is 28.2 Å². The van der Waals surface area contributed by atoms with E-state index < -0.39 is 68.0 Å². The van der Waals surface area contributed by atoms with Crippen molar-refractivity contribution in [3.05, 3.63) is 69.8 Å².